The molecule has 0 unspecified atom stereocenters. The predicted octanol–water partition coefficient (Wildman–Crippen LogP) is 0.489. The first-order valence-electron chi connectivity index (χ1n) is 5.05. The van der Waals surface area contributed by atoms with Gasteiger partial charge in [0.2, 0.25) is 5.91 Å². The number of benzene rings is 1. The van der Waals surface area contributed by atoms with Crippen LogP contribution in [0.3, 0.4) is 0 Å². The Labute approximate surface area is 105 Å². The summed E-state index contributed by atoms with van der Waals surface area (Å²) in [6.45, 7) is 0. The zero-order chi connectivity index (χ0) is 12.7. The Morgan fingerprint density at radius 2 is 1.88 bits per heavy atom. The van der Waals surface area contributed by atoms with Gasteiger partial charge in [0, 0.05) is 12.8 Å². The highest BCUT2D eigenvalue weighted by molar-refractivity contribution is 7.80. The molecule has 90 valence electrons. The second-order valence-corrected chi connectivity index (χ2v) is 3.81. The second-order valence-electron chi connectivity index (χ2n) is 3.37. The van der Waals surface area contributed by atoms with Gasteiger partial charge in [0.05, 0.1) is 5.71 Å². The number of thiocarbonyl (C=S) groups is 1. The fraction of sp³-hybridized carbons (Fsp3) is 0.182. The molecule has 1 rings (SSSR count). The Bertz CT molecular complexity index is 430. The maximum atomic E-state index is 10.8. The van der Waals surface area contributed by atoms with E-state index in [2.05, 4.69) is 22.7 Å². The topological polar surface area (TPSA) is 93.5 Å². The Morgan fingerprint density at radius 1 is 1.24 bits per heavy atom. The van der Waals surface area contributed by atoms with Gasteiger partial charge in [0.25, 0.3) is 0 Å². The van der Waals surface area contributed by atoms with Gasteiger partial charge in [-0.1, -0.05) is 30.3 Å². The lowest BCUT2D eigenvalue weighted by Gasteiger charge is -2.06. The third-order valence-electron chi connectivity index (χ3n) is 2.02. The molecule has 0 aliphatic rings. The minimum absolute atomic E-state index is 0.0810. The maximum absolute atomic E-state index is 10.8. The third-order valence-corrected chi connectivity index (χ3v) is 2.11. The number of hydrazone groups is 1. The van der Waals surface area contributed by atoms with Crippen LogP contribution in [0.15, 0.2) is 35.4 Å². The Balaban J connectivity index is 2.82. The number of carbonyl (C=O) groups excluding carboxylic acids is 1. The summed E-state index contributed by atoms with van der Waals surface area (Å²) in [5.74, 6) is -0.371. The number of hydrogen-bond acceptors (Lipinski definition) is 3. The summed E-state index contributed by atoms with van der Waals surface area (Å²) >= 11 is 4.67. The largest absolute Gasteiger partial charge is 0.375 e. The second kappa shape index (κ2) is 6.59. The molecule has 0 aromatic heterocycles. The van der Waals surface area contributed by atoms with Crippen LogP contribution in [0.25, 0.3) is 0 Å². The predicted molar refractivity (Wildman–Crippen MR) is 71.3 cm³/mol. The van der Waals surface area contributed by atoms with E-state index in [1.165, 1.54) is 0 Å². The fourth-order valence-corrected chi connectivity index (χ4v) is 1.31. The van der Waals surface area contributed by atoms with Crippen molar-refractivity contribution in [2.45, 2.75) is 12.8 Å². The minimum Gasteiger partial charge on any atom is -0.375 e. The SMILES string of the molecule is NC(=O)CCC(=NNC(N)=S)c1ccccc1. The average molecular weight is 250 g/mol. The first kappa shape index (κ1) is 13.1. The number of rotatable bonds is 5. The Hall–Kier alpha value is -1.95. The smallest absolute Gasteiger partial charge is 0.217 e. The quantitative estimate of drug-likeness (QED) is 0.403. The van der Waals surface area contributed by atoms with Crippen LogP contribution in [0.2, 0.25) is 0 Å². The number of nitrogens with one attached hydrogen (secondary N) is 1. The van der Waals surface area contributed by atoms with Gasteiger partial charge in [-0.3, -0.25) is 10.2 Å². The highest BCUT2D eigenvalue weighted by Gasteiger charge is 2.05. The first-order chi connectivity index (χ1) is 8.09. The average Bonchev–Trinajstić information content (AvgIpc) is 2.29. The van der Waals surface area contributed by atoms with Gasteiger partial charge >= 0.3 is 0 Å². The lowest BCUT2D eigenvalue weighted by molar-refractivity contribution is -0.117. The van der Waals surface area contributed by atoms with E-state index in [-0.39, 0.29) is 17.4 Å². The number of carbonyl (C=O) groups is 1. The van der Waals surface area contributed by atoms with Crippen LogP contribution < -0.4 is 16.9 Å². The molecule has 0 spiro atoms. The molecule has 0 bridgehead atoms. The van der Waals surface area contributed by atoms with E-state index in [0.29, 0.717) is 12.1 Å². The van der Waals surface area contributed by atoms with Gasteiger partial charge in [0.15, 0.2) is 5.11 Å². The molecule has 5 N–H and O–H groups in total. The van der Waals surface area contributed by atoms with Crippen LogP contribution in [-0.2, 0) is 4.79 Å². The molecule has 6 heteroatoms. The van der Waals surface area contributed by atoms with Crippen molar-refractivity contribution in [3.8, 4) is 0 Å². The van der Waals surface area contributed by atoms with Crippen molar-refractivity contribution in [3.63, 3.8) is 0 Å². The van der Waals surface area contributed by atoms with Gasteiger partial charge in [-0.2, -0.15) is 5.10 Å². The van der Waals surface area contributed by atoms with Crippen molar-refractivity contribution in [1.29, 1.82) is 0 Å². The summed E-state index contributed by atoms with van der Waals surface area (Å²) < 4.78 is 0. The van der Waals surface area contributed by atoms with Crippen molar-refractivity contribution in [1.82, 2.24) is 5.43 Å². The number of hydrogen-bond donors (Lipinski definition) is 3. The molecule has 0 heterocycles. The highest BCUT2D eigenvalue weighted by atomic mass is 32.1. The summed E-state index contributed by atoms with van der Waals surface area (Å²) in [6.07, 6.45) is 0.668. The van der Waals surface area contributed by atoms with E-state index in [0.717, 1.165) is 5.56 Å². The molecule has 0 atom stereocenters. The maximum Gasteiger partial charge on any atom is 0.217 e. The molecule has 1 aromatic rings. The van der Waals surface area contributed by atoms with Crippen molar-refractivity contribution in [2.24, 2.45) is 16.6 Å². The summed E-state index contributed by atoms with van der Waals surface area (Å²) in [7, 11) is 0. The number of amides is 1. The Morgan fingerprint density at radius 3 is 2.41 bits per heavy atom. The molecule has 0 aliphatic carbocycles. The van der Waals surface area contributed by atoms with Crippen molar-refractivity contribution >= 4 is 28.9 Å². The zero-order valence-corrected chi connectivity index (χ0v) is 10.0. The summed E-state index contributed by atoms with van der Waals surface area (Å²) in [5.41, 5.74) is 14.5. The molecule has 0 radical (unpaired) electrons. The zero-order valence-electron chi connectivity index (χ0n) is 9.22. The minimum atomic E-state index is -0.371. The molecule has 1 amide bonds. The van der Waals surface area contributed by atoms with E-state index < -0.39 is 0 Å². The van der Waals surface area contributed by atoms with Crippen LogP contribution >= 0.6 is 12.2 Å². The first-order valence-corrected chi connectivity index (χ1v) is 5.46. The monoisotopic (exact) mass is 250 g/mol. The Kier molecular flexibility index (Phi) is 5.09. The van der Waals surface area contributed by atoms with Gasteiger partial charge in [-0.15, -0.1) is 0 Å². The molecule has 0 fully saturated rings. The highest BCUT2D eigenvalue weighted by Crippen LogP contribution is 2.06. The molecule has 0 saturated carbocycles. The summed E-state index contributed by atoms with van der Waals surface area (Å²) in [6, 6.07) is 9.45. The molecular formula is C11H14N4OS. The van der Waals surface area contributed by atoms with Crippen molar-refractivity contribution < 1.29 is 4.79 Å². The molecule has 0 saturated heterocycles. The lowest BCUT2D eigenvalue weighted by Crippen LogP contribution is -2.26. The van der Waals surface area contributed by atoms with Crippen LogP contribution in [0.4, 0.5) is 0 Å². The molecule has 1 aromatic carbocycles. The van der Waals surface area contributed by atoms with Gasteiger partial charge in [0.1, 0.15) is 0 Å². The summed E-state index contributed by atoms with van der Waals surface area (Å²) in [5, 5.41) is 4.14. The van der Waals surface area contributed by atoms with Gasteiger partial charge in [-0.05, 0) is 17.8 Å². The van der Waals surface area contributed by atoms with Crippen molar-refractivity contribution in [2.75, 3.05) is 0 Å². The van der Waals surface area contributed by atoms with E-state index in [1.807, 2.05) is 30.3 Å². The van der Waals surface area contributed by atoms with Crippen LogP contribution in [0.5, 0.6) is 0 Å². The van der Waals surface area contributed by atoms with Gasteiger partial charge in [-0.25, -0.2) is 0 Å². The van der Waals surface area contributed by atoms with Crippen LogP contribution in [0.1, 0.15) is 18.4 Å². The lowest BCUT2D eigenvalue weighted by atomic mass is 10.1. The standard InChI is InChI=1S/C11H14N4OS/c12-10(16)7-6-9(14-15-11(13)17)8-4-2-1-3-5-8/h1-5H,6-7H2,(H2,12,16)(H3,13,15,17). The summed E-state index contributed by atoms with van der Waals surface area (Å²) in [4.78, 5) is 10.8. The van der Waals surface area contributed by atoms with Crippen LogP contribution in [0, 0.1) is 0 Å². The fourth-order valence-electron chi connectivity index (χ4n) is 1.26. The van der Waals surface area contributed by atoms with Crippen molar-refractivity contribution in [3.05, 3.63) is 35.9 Å². The van der Waals surface area contributed by atoms with E-state index >= 15 is 0 Å². The molecule has 17 heavy (non-hydrogen) atoms. The van der Waals surface area contributed by atoms with Crippen LogP contribution in [-0.4, -0.2) is 16.7 Å². The van der Waals surface area contributed by atoms with E-state index in [1.54, 1.807) is 0 Å². The number of primary amides is 1. The van der Waals surface area contributed by atoms with E-state index in [4.69, 9.17) is 11.5 Å². The van der Waals surface area contributed by atoms with E-state index in [9.17, 15) is 4.79 Å². The molecule has 5 nitrogen and oxygen atoms in total. The normalized spacial score (nSPS) is 10.9. The number of nitrogens with two attached hydrogens (primary N) is 2. The molecule has 0 aliphatic heterocycles. The third kappa shape index (κ3) is 5.07. The number of nitrogens with zero attached hydrogens (tertiary/aromatic N) is 1. The molecular weight excluding hydrogens is 236 g/mol. The van der Waals surface area contributed by atoms with Gasteiger partial charge < -0.3 is 11.5 Å².